The highest BCUT2D eigenvalue weighted by molar-refractivity contribution is 9.10. The second-order valence-corrected chi connectivity index (χ2v) is 6.70. The number of aliphatic hydroxyl groups is 1. The number of hydrogen-bond donors (Lipinski definition) is 2. The smallest absolute Gasteiger partial charge is 0.190 e. The lowest BCUT2D eigenvalue weighted by atomic mass is 10.1. The third-order valence-electron chi connectivity index (χ3n) is 3.39. The lowest BCUT2D eigenvalue weighted by Gasteiger charge is -2.18. The fourth-order valence-electron chi connectivity index (χ4n) is 2.11. The Balaban J connectivity index is 1.84. The molecule has 0 saturated carbocycles. The van der Waals surface area contributed by atoms with Crippen molar-refractivity contribution < 1.29 is 18.6 Å². The summed E-state index contributed by atoms with van der Waals surface area (Å²) in [5.74, 6) is -2.15. The number of halogens is 4. The van der Waals surface area contributed by atoms with Gasteiger partial charge in [0.1, 0.15) is 12.7 Å². The van der Waals surface area contributed by atoms with Gasteiger partial charge < -0.3 is 15.2 Å². The number of benzene rings is 2. The lowest BCUT2D eigenvalue weighted by molar-refractivity contribution is 0.0993. The molecule has 2 unspecified atom stereocenters. The standard InChI is InChI=1S/C17H17BrClF2NO2/c1-10(11-3-2-4-13(19)5-11)22-8-14(23)9-24-17-15(20)6-12(18)7-16(17)21/h2-7,10,14,22-23H,8-9H2,1H3. The summed E-state index contributed by atoms with van der Waals surface area (Å²) in [5, 5.41) is 13.7. The second-order valence-electron chi connectivity index (χ2n) is 5.35. The van der Waals surface area contributed by atoms with Crippen molar-refractivity contribution in [2.45, 2.75) is 19.1 Å². The van der Waals surface area contributed by atoms with Crippen LogP contribution < -0.4 is 10.1 Å². The molecule has 3 nitrogen and oxygen atoms in total. The van der Waals surface area contributed by atoms with E-state index in [4.69, 9.17) is 16.3 Å². The molecule has 7 heteroatoms. The molecule has 0 spiro atoms. The van der Waals surface area contributed by atoms with Gasteiger partial charge in [0.25, 0.3) is 0 Å². The van der Waals surface area contributed by atoms with E-state index in [2.05, 4.69) is 21.2 Å². The van der Waals surface area contributed by atoms with Gasteiger partial charge in [-0.05, 0) is 36.8 Å². The monoisotopic (exact) mass is 419 g/mol. The van der Waals surface area contributed by atoms with Gasteiger partial charge in [-0.25, -0.2) is 8.78 Å². The van der Waals surface area contributed by atoms with Crippen molar-refractivity contribution in [1.29, 1.82) is 0 Å². The van der Waals surface area contributed by atoms with Gasteiger partial charge in [0.2, 0.25) is 0 Å². The molecule has 0 amide bonds. The molecule has 0 aliphatic carbocycles. The lowest BCUT2D eigenvalue weighted by Crippen LogP contribution is -2.33. The van der Waals surface area contributed by atoms with Gasteiger partial charge in [0, 0.05) is 22.1 Å². The maximum atomic E-state index is 13.6. The van der Waals surface area contributed by atoms with Gasteiger partial charge in [-0.1, -0.05) is 39.7 Å². The van der Waals surface area contributed by atoms with Gasteiger partial charge in [0.15, 0.2) is 17.4 Å². The maximum absolute atomic E-state index is 13.6. The Labute approximate surface area is 152 Å². The first-order valence-corrected chi connectivity index (χ1v) is 8.48. The summed E-state index contributed by atoms with van der Waals surface area (Å²) in [7, 11) is 0. The maximum Gasteiger partial charge on any atom is 0.190 e. The number of hydrogen-bond acceptors (Lipinski definition) is 3. The van der Waals surface area contributed by atoms with Crippen LogP contribution in [0.5, 0.6) is 5.75 Å². The van der Waals surface area contributed by atoms with Gasteiger partial charge in [0.05, 0.1) is 0 Å². The van der Waals surface area contributed by atoms with E-state index in [1.54, 1.807) is 6.07 Å². The Morgan fingerprint density at radius 2 is 1.92 bits per heavy atom. The number of nitrogens with one attached hydrogen (secondary N) is 1. The van der Waals surface area contributed by atoms with E-state index in [0.717, 1.165) is 17.7 Å². The molecule has 0 heterocycles. The normalized spacial score (nSPS) is 13.6. The van der Waals surface area contributed by atoms with Crippen molar-refractivity contribution in [3.63, 3.8) is 0 Å². The first-order valence-electron chi connectivity index (χ1n) is 7.31. The quantitative estimate of drug-likeness (QED) is 0.694. The van der Waals surface area contributed by atoms with Gasteiger partial charge in [-0.2, -0.15) is 0 Å². The highest BCUT2D eigenvalue weighted by Crippen LogP contribution is 2.26. The predicted molar refractivity (Wildman–Crippen MR) is 93.4 cm³/mol. The molecular formula is C17H17BrClF2NO2. The van der Waals surface area contributed by atoms with Crippen molar-refractivity contribution in [3.8, 4) is 5.75 Å². The van der Waals surface area contributed by atoms with E-state index < -0.39 is 23.5 Å². The van der Waals surface area contributed by atoms with Crippen molar-refractivity contribution >= 4 is 27.5 Å². The highest BCUT2D eigenvalue weighted by Gasteiger charge is 2.15. The van der Waals surface area contributed by atoms with Crippen LogP contribution in [0, 0.1) is 11.6 Å². The summed E-state index contributed by atoms with van der Waals surface area (Å²) in [4.78, 5) is 0. The predicted octanol–water partition coefficient (Wildman–Crippen LogP) is 4.47. The number of aliphatic hydroxyl groups excluding tert-OH is 1. The summed E-state index contributed by atoms with van der Waals surface area (Å²) in [5.41, 5.74) is 0.973. The third kappa shape index (κ3) is 5.41. The SMILES string of the molecule is CC(NCC(O)COc1c(F)cc(Br)cc1F)c1cccc(Cl)c1. The molecule has 0 saturated heterocycles. The van der Waals surface area contributed by atoms with E-state index in [1.807, 2.05) is 25.1 Å². The van der Waals surface area contributed by atoms with E-state index >= 15 is 0 Å². The zero-order valence-electron chi connectivity index (χ0n) is 12.9. The first-order chi connectivity index (χ1) is 11.4. The summed E-state index contributed by atoms with van der Waals surface area (Å²) in [6.07, 6.45) is -0.922. The van der Waals surface area contributed by atoms with E-state index in [0.29, 0.717) is 5.02 Å². The van der Waals surface area contributed by atoms with Crippen LogP contribution in [0.1, 0.15) is 18.5 Å². The minimum atomic E-state index is -0.922. The molecule has 0 fully saturated rings. The van der Waals surface area contributed by atoms with Crippen LogP contribution in [0.15, 0.2) is 40.9 Å². The molecule has 0 aromatic heterocycles. The molecule has 2 aromatic rings. The van der Waals surface area contributed by atoms with E-state index in [9.17, 15) is 13.9 Å². The number of rotatable bonds is 7. The summed E-state index contributed by atoms with van der Waals surface area (Å²) in [6.45, 7) is 1.89. The molecule has 2 aromatic carbocycles. The fourth-order valence-corrected chi connectivity index (χ4v) is 2.71. The Kier molecular flexibility index (Phi) is 6.98. The largest absolute Gasteiger partial charge is 0.485 e. The topological polar surface area (TPSA) is 41.5 Å². The van der Waals surface area contributed by atoms with Crippen LogP contribution in [0.25, 0.3) is 0 Å². The van der Waals surface area contributed by atoms with Crippen LogP contribution in [0.3, 0.4) is 0 Å². The Hall–Kier alpha value is -1.21. The Bertz CT molecular complexity index is 679. The van der Waals surface area contributed by atoms with Crippen molar-refractivity contribution in [2.24, 2.45) is 0 Å². The molecular weight excluding hydrogens is 404 g/mol. The van der Waals surface area contributed by atoms with Crippen LogP contribution in [0.2, 0.25) is 5.02 Å². The average Bonchev–Trinajstić information content (AvgIpc) is 2.51. The Morgan fingerprint density at radius 3 is 2.54 bits per heavy atom. The van der Waals surface area contributed by atoms with E-state index in [1.165, 1.54) is 0 Å². The van der Waals surface area contributed by atoms with E-state index in [-0.39, 0.29) is 23.7 Å². The first kappa shape index (κ1) is 19.1. The third-order valence-corrected chi connectivity index (χ3v) is 4.08. The van der Waals surface area contributed by atoms with Crippen LogP contribution in [-0.4, -0.2) is 24.4 Å². The fraction of sp³-hybridized carbons (Fsp3) is 0.294. The molecule has 0 bridgehead atoms. The summed E-state index contributed by atoms with van der Waals surface area (Å²) >= 11 is 8.93. The summed E-state index contributed by atoms with van der Waals surface area (Å²) < 4.78 is 32.6. The van der Waals surface area contributed by atoms with Crippen LogP contribution in [0.4, 0.5) is 8.78 Å². The van der Waals surface area contributed by atoms with Crippen LogP contribution >= 0.6 is 27.5 Å². The summed E-state index contributed by atoms with van der Waals surface area (Å²) in [6, 6.07) is 9.53. The molecule has 0 aliphatic heterocycles. The van der Waals surface area contributed by atoms with Gasteiger partial charge in [-0.15, -0.1) is 0 Å². The molecule has 0 aliphatic rings. The highest BCUT2D eigenvalue weighted by atomic mass is 79.9. The number of ether oxygens (including phenoxy) is 1. The minimum absolute atomic E-state index is 0.0421. The van der Waals surface area contributed by atoms with Crippen molar-refractivity contribution in [3.05, 3.63) is 63.1 Å². The molecule has 24 heavy (non-hydrogen) atoms. The van der Waals surface area contributed by atoms with Crippen LogP contribution in [-0.2, 0) is 0 Å². The zero-order chi connectivity index (χ0) is 17.7. The van der Waals surface area contributed by atoms with Crippen molar-refractivity contribution in [2.75, 3.05) is 13.2 Å². The minimum Gasteiger partial charge on any atom is -0.485 e. The molecule has 0 radical (unpaired) electrons. The van der Waals surface area contributed by atoms with Gasteiger partial charge in [-0.3, -0.25) is 0 Å². The molecule has 130 valence electrons. The molecule has 2 atom stereocenters. The van der Waals surface area contributed by atoms with Crippen molar-refractivity contribution in [1.82, 2.24) is 5.32 Å². The zero-order valence-corrected chi connectivity index (χ0v) is 15.2. The molecule has 2 rings (SSSR count). The average molecular weight is 421 g/mol. The molecule has 2 N–H and O–H groups in total. The Morgan fingerprint density at radius 1 is 1.25 bits per heavy atom. The van der Waals surface area contributed by atoms with Gasteiger partial charge >= 0.3 is 0 Å². The second kappa shape index (κ2) is 8.76.